The summed E-state index contributed by atoms with van der Waals surface area (Å²) in [7, 11) is 3.94. The molecule has 0 aliphatic carbocycles. The molecule has 7 heteroatoms. The predicted octanol–water partition coefficient (Wildman–Crippen LogP) is 4.08. The Morgan fingerprint density at radius 1 is 1.00 bits per heavy atom. The van der Waals surface area contributed by atoms with Crippen molar-refractivity contribution in [3.63, 3.8) is 0 Å². The summed E-state index contributed by atoms with van der Waals surface area (Å²) in [5, 5.41) is 5.59. The highest BCUT2D eigenvalue weighted by Gasteiger charge is 2.14. The van der Waals surface area contributed by atoms with Gasteiger partial charge in [0.1, 0.15) is 16.5 Å². The van der Waals surface area contributed by atoms with Crippen LogP contribution < -0.4 is 5.32 Å². The SMILES string of the molecule is Cc1ccc(CN(Cc2ccc(F)cc2)Cc2nc(C(=O)NCCN(C)C)cs2)cc1. The van der Waals surface area contributed by atoms with Crippen molar-refractivity contribution in [2.45, 2.75) is 26.6 Å². The Bertz CT molecular complexity index is 923. The zero-order valence-electron chi connectivity index (χ0n) is 18.3. The molecule has 0 saturated carbocycles. The molecule has 0 spiro atoms. The van der Waals surface area contributed by atoms with E-state index in [9.17, 15) is 9.18 Å². The number of amides is 1. The number of likely N-dealkylation sites (N-methyl/N-ethyl adjacent to an activating group) is 1. The van der Waals surface area contributed by atoms with Crippen molar-refractivity contribution in [3.8, 4) is 0 Å². The van der Waals surface area contributed by atoms with Gasteiger partial charge in [-0.15, -0.1) is 11.3 Å². The van der Waals surface area contributed by atoms with Crippen molar-refractivity contribution in [2.75, 3.05) is 27.2 Å². The summed E-state index contributed by atoms with van der Waals surface area (Å²) in [6.45, 7) is 5.45. The standard InChI is InChI=1S/C24H29FN4OS/c1-18-4-6-19(7-5-18)14-29(15-20-8-10-21(25)11-9-20)16-23-27-22(17-31-23)24(30)26-12-13-28(2)3/h4-11,17H,12-16H2,1-3H3,(H,26,30). The van der Waals surface area contributed by atoms with E-state index in [1.807, 2.05) is 36.5 Å². The minimum atomic E-state index is -0.237. The van der Waals surface area contributed by atoms with Gasteiger partial charge in [0.2, 0.25) is 0 Å². The zero-order valence-corrected chi connectivity index (χ0v) is 19.1. The largest absolute Gasteiger partial charge is 0.349 e. The van der Waals surface area contributed by atoms with Crippen LogP contribution in [0.1, 0.15) is 32.2 Å². The first-order valence-electron chi connectivity index (χ1n) is 10.3. The van der Waals surface area contributed by atoms with Crippen LogP contribution in [0.3, 0.4) is 0 Å². The maximum absolute atomic E-state index is 13.3. The van der Waals surface area contributed by atoms with Crippen molar-refractivity contribution in [3.05, 3.63) is 87.1 Å². The van der Waals surface area contributed by atoms with Gasteiger partial charge in [0, 0.05) is 31.6 Å². The van der Waals surface area contributed by atoms with E-state index in [-0.39, 0.29) is 11.7 Å². The van der Waals surface area contributed by atoms with Crippen molar-refractivity contribution in [1.29, 1.82) is 0 Å². The van der Waals surface area contributed by atoms with Gasteiger partial charge >= 0.3 is 0 Å². The number of carbonyl (C=O) groups is 1. The van der Waals surface area contributed by atoms with Gasteiger partial charge in [-0.25, -0.2) is 9.37 Å². The number of carbonyl (C=O) groups excluding carboxylic acids is 1. The molecule has 0 radical (unpaired) electrons. The minimum absolute atomic E-state index is 0.145. The van der Waals surface area contributed by atoms with E-state index in [4.69, 9.17) is 0 Å². The molecule has 0 aliphatic rings. The number of thiazole rings is 1. The molecule has 0 fully saturated rings. The van der Waals surface area contributed by atoms with E-state index in [1.54, 1.807) is 0 Å². The molecule has 1 N–H and O–H groups in total. The maximum atomic E-state index is 13.3. The zero-order chi connectivity index (χ0) is 22.2. The van der Waals surface area contributed by atoms with Gasteiger partial charge in [-0.05, 0) is 44.3 Å². The smallest absolute Gasteiger partial charge is 0.270 e. The van der Waals surface area contributed by atoms with Crippen LogP contribution in [-0.4, -0.2) is 47.9 Å². The fraction of sp³-hybridized carbons (Fsp3) is 0.333. The summed E-state index contributed by atoms with van der Waals surface area (Å²) in [6, 6.07) is 15.0. The molecular formula is C24H29FN4OS. The summed E-state index contributed by atoms with van der Waals surface area (Å²) < 4.78 is 13.3. The van der Waals surface area contributed by atoms with Crippen molar-refractivity contribution in [1.82, 2.24) is 20.1 Å². The number of aromatic nitrogens is 1. The molecule has 0 unspecified atom stereocenters. The first kappa shape index (κ1) is 23.1. The summed E-state index contributed by atoms with van der Waals surface area (Å²) in [6.07, 6.45) is 0. The second-order valence-corrected chi connectivity index (χ2v) is 8.89. The number of nitrogens with one attached hydrogen (secondary N) is 1. The second-order valence-electron chi connectivity index (χ2n) is 7.94. The monoisotopic (exact) mass is 440 g/mol. The molecule has 0 aliphatic heterocycles. The van der Waals surface area contributed by atoms with Crippen molar-refractivity contribution >= 4 is 17.2 Å². The van der Waals surface area contributed by atoms with Crippen LogP contribution in [0.5, 0.6) is 0 Å². The van der Waals surface area contributed by atoms with E-state index in [0.29, 0.717) is 25.3 Å². The fourth-order valence-electron chi connectivity index (χ4n) is 3.13. The Hall–Kier alpha value is -2.61. The number of rotatable bonds is 10. The Morgan fingerprint density at radius 3 is 2.23 bits per heavy atom. The topological polar surface area (TPSA) is 48.5 Å². The highest BCUT2D eigenvalue weighted by molar-refractivity contribution is 7.09. The Kier molecular flexibility index (Phi) is 8.28. The van der Waals surface area contributed by atoms with Gasteiger partial charge in [-0.1, -0.05) is 42.0 Å². The highest BCUT2D eigenvalue weighted by Crippen LogP contribution is 2.18. The molecule has 3 aromatic rings. The van der Waals surface area contributed by atoms with Crippen LogP contribution in [0.25, 0.3) is 0 Å². The quantitative estimate of drug-likeness (QED) is 0.516. The van der Waals surface area contributed by atoms with Crippen LogP contribution in [0, 0.1) is 12.7 Å². The van der Waals surface area contributed by atoms with Crippen LogP contribution in [0.4, 0.5) is 4.39 Å². The lowest BCUT2D eigenvalue weighted by atomic mass is 10.1. The van der Waals surface area contributed by atoms with E-state index >= 15 is 0 Å². The first-order chi connectivity index (χ1) is 14.9. The first-order valence-corrected chi connectivity index (χ1v) is 11.2. The number of halogens is 1. The van der Waals surface area contributed by atoms with Gasteiger partial charge < -0.3 is 10.2 Å². The summed E-state index contributed by atoms with van der Waals surface area (Å²) in [5.41, 5.74) is 3.91. The number of nitrogens with zero attached hydrogens (tertiary/aromatic N) is 3. The van der Waals surface area contributed by atoms with Gasteiger partial charge in [-0.3, -0.25) is 9.69 Å². The van der Waals surface area contributed by atoms with Gasteiger partial charge in [0.15, 0.2) is 0 Å². The lowest BCUT2D eigenvalue weighted by molar-refractivity contribution is 0.0946. The molecule has 0 atom stereocenters. The molecule has 164 valence electrons. The molecule has 0 saturated heterocycles. The van der Waals surface area contributed by atoms with E-state index < -0.39 is 0 Å². The predicted molar refractivity (Wildman–Crippen MR) is 124 cm³/mol. The third kappa shape index (κ3) is 7.54. The van der Waals surface area contributed by atoms with E-state index in [1.165, 1.54) is 34.6 Å². The van der Waals surface area contributed by atoms with Gasteiger partial charge in [0.25, 0.3) is 5.91 Å². The number of hydrogen-bond acceptors (Lipinski definition) is 5. The maximum Gasteiger partial charge on any atom is 0.270 e. The van der Waals surface area contributed by atoms with Crippen LogP contribution >= 0.6 is 11.3 Å². The lowest BCUT2D eigenvalue weighted by Gasteiger charge is -2.21. The number of hydrogen-bond donors (Lipinski definition) is 1. The molecule has 3 rings (SSSR count). The average Bonchev–Trinajstić information content (AvgIpc) is 3.19. The lowest BCUT2D eigenvalue weighted by Crippen LogP contribution is -2.31. The van der Waals surface area contributed by atoms with Crippen LogP contribution in [0.2, 0.25) is 0 Å². The van der Waals surface area contributed by atoms with Crippen LogP contribution in [-0.2, 0) is 19.6 Å². The van der Waals surface area contributed by atoms with Gasteiger partial charge in [-0.2, -0.15) is 0 Å². The highest BCUT2D eigenvalue weighted by atomic mass is 32.1. The van der Waals surface area contributed by atoms with Crippen molar-refractivity contribution < 1.29 is 9.18 Å². The molecule has 0 bridgehead atoms. The molecule has 1 aromatic heterocycles. The molecule has 31 heavy (non-hydrogen) atoms. The third-order valence-electron chi connectivity index (χ3n) is 4.83. The molecule has 2 aromatic carbocycles. The number of aryl methyl sites for hydroxylation is 1. The molecule has 5 nitrogen and oxygen atoms in total. The molecular weight excluding hydrogens is 411 g/mol. The normalized spacial score (nSPS) is 11.3. The Morgan fingerprint density at radius 2 is 1.61 bits per heavy atom. The Labute approximate surface area is 187 Å². The Balaban J connectivity index is 1.68. The average molecular weight is 441 g/mol. The third-order valence-corrected chi connectivity index (χ3v) is 5.67. The van der Waals surface area contributed by atoms with E-state index in [2.05, 4.69) is 46.4 Å². The fourth-order valence-corrected chi connectivity index (χ4v) is 3.95. The van der Waals surface area contributed by atoms with Crippen molar-refractivity contribution in [2.24, 2.45) is 0 Å². The summed E-state index contributed by atoms with van der Waals surface area (Å²) >= 11 is 1.49. The summed E-state index contributed by atoms with van der Waals surface area (Å²) in [5.74, 6) is -0.383. The van der Waals surface area contributed by atoms with E-state index in [0.717, 1.165) is 23.7 Å². The molecule has 1 amide bonds. The van der Waals surface area contributed by atoms with Gasteiger partial charge in [0.05, 0.1) is 6.54 Å². The van der Waals surface area contributed by atoms with Crippen LogP contribution in [0.15, 0.2) is 53.9 Å². The second kappa shape index (κ2) is 11.1. The number of benzene rings is 2. The molecule has 1 heterocycles. The minimum Gasteiger partial charge on any atom is -0.349 e. The summed E-state index contributed by atoms with van der Waals surface area (Å²) in [4.78, 5) is 21.2.